The number of benzene rings is 1. The molecule has 8 nitrogen and oxygen atoms in total. The number of carbonyl (C=O) groups excluding carboxylic acids is 3. The van der Waals surface area contributed by atoms with Crippen LogP contribution in [0.1, 0.15) is 91.8 Å². The van der Waals surface area contributed by atoms with Gasteiger partial charge in [0, 0.05) is 12.1 Å². The number of nitrogens with zero attached hydrogens (tertiary/aromatic N) is 1. The molecule has 0 heterocycles. The second-order valence-corrected chi connectivity index (χ2v) is 10.1. The Kier molecular flexibility index (Phi) is 12.2. The summed E-state index contributed by atoms with van der Waals surface area (Å²) in [6.45, 7) is 14.3. The van der Waals surface area contributed by atoms with E-state index in [0.29, 0.717) is 12.0 Å². The summed E-state index contributed by atoms with van der Waals surface area (Å²) in [6, 6.07) is 5.07. The van der Waals surface area contributed by atoms with Gasteiger partial charge < -0.3 is 25.4 Å². The highest BCUT2D eigenvalue weighted by Gasteiger charge is 2.38. The molecule has 0 fully saturated rings. The highest BCUT2D eigenvalue weighted by atomic mass is 16.6. The number of aliphatic hydroxyl groups excluding tert-OH is 1. The van der Waals surface area contributed by atoms with Crippen molar-refractivity contribution in [2.75, 3.05) is 6.61 Å². The zero-order chi connectivity index (χ0) is 26.8. The topological polar surface area (TPSA) is 108 Å². The third-order valence-corrected chi connectivity index (χ3v) is 5.83. The summed E-state index contributed by atoms with van der Waals surface area (Å²) in [6.07, 6.45) is 2.35. The number of hydrogen-bond donors (Lipinski definition) is 3. The van der Waals surface area contributed by atoms with Crippen LogP contribution in [0, 0.1) is 0 Å². The molecule has 3 amide bonds. The first-order chi connectivity index (χ1) is 16.4. The van der Waals surface area contributed by atoms with Gasteiger partial charge >= 0.3 is 6.09 Å². The molecule has 0 saturated carbocycles. The number of hydrogen-bond acceptors (Lipinski definition) is 5. The van der Waals surface area contributed by atoms with Crippen molar-refractivity contribution in [3.63, 3.8) is 0 Å². The molecule has 0 bridgehead atoms. The molecule has 1 aromatic rings. The molecule has 4 atom stereocenters. The van der Waals surface area contributed by atoms with Gasteiger partial charge in [0.05, 0.1) is 6.61 Å². The van der Waals surface area contributed by atoms with Gasteiger partial charge in [-0.3, -0.25) is 9.59 Å². The Morgan fingerprint density at radius 2 is 1.63 bits per heavy atom. The molecule has 3 N–H and O–H groups in total. The first-order valence-corrected chi connectivity index (χ1v) is 12.7. The van der Waals surface area contributed by atoms with Crippen LogP contribution in [0.4, 0.5) is 4.79 Å². The standard InChI is InChI=1S/C27H45N3O5/c1-9-12-18(4)28-24(32)23(21-15-13-20(11-3)14-16-21)30(19(5)10-2)25(33)22(17-31)29-26(34)35-27(6,7)8/h13-16,18-19,22-23,31H,9-12,17H2,1-8H3,(H,28,32)(H,29,34). The summed E-state index contributed by atoms with van der Waals surface area (Å²) in [5.41, 5.74) is 1.03. The highest BCUT2D eigenvalue weighted by molar-refractivity contribution is 5.92. The summed E-state index contributed by atoms with van der Waals surface area (Å²) < 4.78 is 5.27. The van der Waals surface area contributed by atoms with Gasteiger partial charge in [-0.25, -0.2) is 4.79 Å². The van der Waals surface area contributed by atoms with E-state index in [0.717, 1.165) is 24.8 Å². The minimum Gasteiger partial charge on any atom is -0.444 e. The summed E-state index contributed by atoms with van der Waals surface area (Å²) in [5, 5.41) is 15.5. The number of aliphatic hydroxyl groups is 1. The molecule has 0 saturated heterocycles. The van der Waals surface area contributed by atoms with Crippen LogP contribution in [0.5, 0.6) is 0 Å². The third-order valence-electron chi connectivity index (χ3n) is 5.83. The van der Waals surface area contributed by atoms with Crippen molar-refractivity contribution in [1.29, 1.82) is 0 Å². The molecule has 0 aliphatic carbocycles. The zero-order valence-electron chi connectivity index (χ0n) is 22.7. The monoisotopic (exact) mass is 491 g/mol. The van der Waals surface area contributed by atoms with Crippen molar-refractivity contribution < 1.29 is 24.2 Å². The first-order valence-electron chi connectivity index (χ1n) is 12.7. The molecular formula is C27H45N3O5. The van der Waals surface area contributed by atoms with Crippen molar-refractivity contribution in [3.8, 4) is 0 Å². The van der Waals surface area contributed by atoms with Gasteiger partial charge in [-0.15, -0.1) is 0 Å². The van der Waals surface area contributed by atoms with Crippen molar-refractivity contribution in [1.82, 2.24) is 15.5 Å². The quantitative estimate of drug-likeness (QED) is 0.408. The minimum atomic E-state index is -1.25. The molecule has 0 radical (unpaired) electrons. The molecular weight excluding hydrogens is 446 g/mol. The van der Waals surface area contributed by atoms with E-state index in [1.807, 2.05) is 52.0 Å². The second-order valence-electron chi connectivity index (χ2n) is 10.1. The van der Waals surface area contributed by atoms with Crippen LogP contribution in [0.2, 0.25) is 0 Å². The Balaban J connectivity index is 3.43. The first kappa shape index (κ1) is 30.4. The number of nitrogens with one attached hydrogen (secondary N) is 2. The van der Waals surface area contributed by atoms with E-state index < -0.39 is 36.3 Å². The number of aryl methyl sites for hydroxylation is 1. The fraction of sp³-hybridized carbons (Fsp3) is 0.667. The number of amides is 3. The molecule has 0 spiro atoms. The van der Waals surface area contributed by atoms with Gasteiger partial charge in [-0.1, -0.05) is 51.5 Å². The van der Waals surface area contributed by atoms with Gasteiger partial charge in [0.1, 0.15) is 17.7 Å². The SMILES string of the molecule is CCCC(C)NC(=O)C(c1ccc(CC)cc1)N(C(=O)C(CO)NC(=O)OC(C)(C)C)C(C)CC. The van der Waals surface area contributed by atoms with Gasteiger partial charge in [0.15, 0.2) is 0 Å². The molecule has 198 valence electrons. The van der Waals surface area contributed by atoms with E-state index in [2.05, 4.69) is 17.6 Å². The molecule has 1 aromatic carbocycles. The van der Waals surface area contributed by atoms with Crippen LogP contribution in [0.3, 0.4) is 0 Å². The van der Waals surface area contributed by atoms with Crippen LogP contribution >= 0.6 is 0 Å². The fourth-order valence-electron chi connectivity index (χ4n) is 3.81. The van der Waals surface area contributed by atoms with Crippen molar-refractivity contribution in [3.05, 3.63) is 35.4 Å². The lowest BCUT2D eigenvalue weighted by atomic mass is 9.98. The number of rotatable bonds is 12. The van der Waals surface area contributed by atoms with Crippen LogP contribution in [-0.2, 0) is 20.7 Å². The Morgan fingerprint density at radius 1 is 1.03 bits per heavy atom. The predicted octanol–water partition coefficient (Wildman–Crippen LogP) is 4.11. The highest BCUT2D eigenvalue weighted by Crippen LogP contribution is 2.27. The number of ether oxygens (including phenoxy) is 1. The largest absolute Gasteiger partial charge is 0.444 e. The smallest absolute Gasteiger partial charge is 0.408 e. The summed E-state index contributed by atoms with van der Waals surface area (Å²) in [5.74, 6) is -0.839. The second kappa shape index (κ2) is 14.1. The molecule has 1 rings (SSSR count). The van der Waals surface area contributed by atoms with Gasteiger partial charge in [-0.2, -0.15) is 0 Å². The maximum absolute atomic E-state index is 13.7. The lowest BCUT2D eigenvalue weighted by Gasteiger charge is -2.38. The normalized spacial score (nSPS) is 14.9. The lowest BCUT2D eigenvalue weighted by molar-refractivity contribution is -0.146. The lowest BCUT2D eigenvalue weighted by Crippen LogP contribution is -2.57. The average Bonchev–Trinajstić information content (AvgIpc) is 2.79. The maximum Gasteiger partial charge on any atom is 0.408 e. The molecule has 35 heavy (non-hydrogen) atoms. The molecule has 0 aliphatic heterocycles. The van der Waals surface area contributed by atoms with Crippen LogP contribution < -0.4 is 10.6 Å². The van der Waals surface area contributed by atoms with E-state index >= 15 is 0 Å². The Hall–Kier alpha value is -2.61. The van der Waals surface area contributed by atoms with E-state index in [1.54, 1.807) is 20.8 Å². The molecule has 0 aliphatic rings. The number of alkyl carbamates (subject to hydrolysis) is 1. The molecule has 0 aromatic heterocycles. The van der Waals surface area contributed by atoms with E-state index in [9.17, 15) is 19.5 Å². The maximum atomic E-state index is 13.7. The fourth-order valence-corrected chi connectivity index (χ4v) is 3.81. The van der Waals surface area contributed by atoms with Crippen molar-refractivity contribution >= 4 is 17.9 Å². The van der Waals surface area contributed by atoms with Crippen LogP contribution in [-0.4, -0.2) is 58.2 Å². The van der Waals surface area contributed by atoms with Crippen LogP contribution in [0.15, 0.2) is 24.3 Å². The molecule has 8 heteroatoms. The van der Waals surface area contributed by atoms with E-state index in [-0.39, 0.29) is 18.0 Å². The minimum absolute atomic E-state index is 0.0627. The molecule has 4 unspecified atom stereocenters. The zero-order valence-corrected chi connectivity index (χ0v) is 22.7. The van der Waals surface area contributed by atoms with E-state index in [4.69, 9.17) is 4.74 Å². The van der Waals surface area contributed by atoms with Gasteiger partial charge in [-0.05, 0) is 65.0 Å². The summed E-state index contributed by atoms with van der Waals surface area (Å²) >= 11 is 0. The van der Waals surface area contributed by atoms with Crippen molar-refractivity contribution in [2.24, 2.45) is 0 Å². The Bertz CT molecular complexity index is 819. The van der Waals surface area contributed by atoms with Crippen molar-refractivity contribution in [2.45, 2.75) is 111 Å². The van der Waals surface area contributed by atoms with Gasteiger partial charge in [0.2, 0.25) is 11.8 Å². The average molecular weight is 492 g/mol. The number of carbonyl (C=O) groups is 3. The summed E-state index contributed by atoms with van der Waals surface area (Å²) in [7, 11) is 0. The Labute approximate surface area is 210 Å². The van der Waals surface area contributed by atoms with Gasteiger partial charge in [0.25, 0.3) is 0 Å². The third kappa shape index (κ3) is 9.51. The van der Waals surface area contributed by atoms with E-state index in [1.165, 1.54) is 4.90 Å². The Morgan fingerprint density at radius 3 is 2.09 bits per heavy atom. The summed E-state index contributed by atoms with van der Waals surface area (Å²) in [4.78, 5) is 41.2. The predicted molar refractivity (Wildman–Crippen MR) is 138 cm³/mol. The van der Waals surface area contributed by atoms with Crippen LogP contribution in [0.25, 0.3) is 0 Å².